The number of amides is 2. The molecule has 1 N–H and O–H groups in total. The number of piperidine rings is 2. The summed E-state index contributed by atoms with van der Waals surface area (Å²) in [6.07, 6.45) is 5.16. The monoisotopic (exact) mass is 398 g/mol. The highest BCUT2D eigenvalue weighted by Gasteiger charge is 2.52. The molecule has 2 fully saturated rings. The van der Waals surface area contributed by atoms with Crippen LogP contribution in [0.15, 0.2) is 24.5 Å². The van der Waals surface area contributed by atoms with Crippen LogP contribution in [-0.2, 0) is 9.53 Å². The molecule has 7 heteroatoms. The lowest BCUT2D eigenvalue weighted by molar-refractivity contribution is -0.154. The zero-order valence-corrected chi connectivity index (χ0v) is 17.3. The van der Waals surface area contributed by atoms with Crippen molar-refractivity contribution in [1.82, 2.24) is 19.8 Å². The number of aromatic nitrogens is 2. The Morgan fingerprint density at radius 1 is 1.31 bits per heavy atom. The maximum Gasteiger partial charge on any atom is 0.254 e. The van der Waals surface area contributed by atoms with Crippen molar-refractivity contribution < 1.29 is 14.3 Å². The first-order valence-electron chi connectivity index (χ1n) is 10.7. The normalized spacial score (nSPS) is 25.2. The molecule has 2 aliphatic rings. The minimum Gasteiger partial charge on any atom is -0.380 e. The highest BCUT2D eigenvalue weighted by atomic mass is 16.5. The number of hydrogen-bond donors (Lipinski definition) is 1. The Kier molecular flexibility index (Phi) is 5.58. The second-order valence-corrected chi connectivity index (χ2v) is 8.16. The van der Waals surface area contributed by atoms with E-state index in [1.165, 1.54) is 0 Å². The van der Waals surface area contributed by atoms with Crippen LogP contribution in [0.1, 0.15) is 49.9 Å². The summed E-state index contributed by atoms with van der Waals surface area (Å²) in [6, 6.07) is 5.43. The number of hydrogen-bond acceptors (Lipinski definition) is 4. The molecule has 3 heterocycles. The molecule has 0 aliphatic carbocycles. The van der Waals surface area contributed by atoms with Gasteiger partial charge < -0.3 is 19.5 Å². The van der Waals surface area contributed by atoms with Gasteiger partial charge in [0, 0.05) is 37.8 Å². The van der Waals surface area contributed by atoms with E-state index in [0.29, 0.717) is 31.9 Å². The van der Waals surface area contributed by atoms with Gasteiger partial charge in [-0.15, -0.1) is 0 Å². The predicted octanol–water partition coefficient (Wildman–Crippen LogP) is 2.83. The smallest absolute Gasteiger partial charge is 0.254 e. The van der Waals surface area contributed by atoms with Gasteiger partial charge in [0.2, 0.25) is 5.91 Å². The number of fused-ring (bicyclic) bond motifs is 1. The van der Waals surface area contributed by atoms with E-state index >= 15 is 0 Å². The Hall–Kier alpha value is -2.41. The Bertz CT molecular complexity index is 891. The molecular weight excluding hydrogens is 368 g/mol. The second kappa shape index (κ2) is 8.14. The summed E-state index contributed by atoms with van der Waals surface area (Å²) in [7, 11) is 0. The molecule has 4 rings (SSSR count). The molecule has 1 aromatic heterocycles. The molecule has 2 amide bonds. The lowest BCUT2D eigenvalue weighted by Crippen LogP contribution is -2.62. The molecule has 2 aromatic rings. The van der Waals surface area contributed by atoms with Crippen molar-refractivity contribution in [3.8, 4) is 0 Å². The largest absolute Gasteiger partial charge is 0.380 e. The van der Waals surface area contributed by atoms with Gasteiger partial charge in [0.25, 0.3) is 5.91 Å². The molecule has 2 atom stereocenters. The Labute approximate surface area is 171 Å². The fraction of sp³-hybridized carbons (Fsp3) is 0.591. The molecule has 0 saturated carbocycles. The van der Waals surface area contributed by atoms with Gasteiger partial charge in [-0.25, -0.2) is 4.98 Å². The number of imidazole rings is 1. The van der Waals surface area contributed by atoms with Gasteiger partial charge in [-0.3, -0.25) is 9.59 Å². The molecule has 0 unspecified atom stereocenters. The van der Waals surface area contributed by atoms with Crippen molar-refractivity contribution in [3.05, 3.63) is 30.1 Å². The number of carbonyl (C=O) groups excluding carboxylic acids is 2. The summed E-state index contributed by atoms with van der Waals surface area (Å²) < 4.78 is 5.47. The molecule has 29 heavy (non-hydrogen) atoms. The number of aromatic amines is 1. The van der Waals surface area contributed by atoms with E-state index in [2.05, 4.69) is 16.9 Å². The number of rotatable bonds is 5. The van der Waals surface area contributed by atoms with E-state index in [4.69, 9.17) is 4.74 Å². The average Bonchev–Trinajstić information content (AvgIpc) is 3.20. The Morgan fingerprint density at radius 3 is 2.90 bits per heavy atom. The third-order valence-electron chi connectivity index (χ3n) is 6.69. The summed E-state index contributed by atoms with van der Waals surface area (Å²) >= 11 is 0. The van der Waals surface area contributed by atoms with Gasteiger partial charge in [0.15, 0.2) is 0 Å². The molecule has 7 nitrogen and oxygen atoms in total. The average molecular weight is 399 g/mol. The highest BCUT2D eigenvalue weighted by Crippen LogP contribution is 2.44. The van der Waals surface area contributed by atoms with Crippen LogP contribution >= 0.6 is 0 Å². The maximum atomic E-state index is 13.5. The van der Waals surface area contributed by atoms with E-state index in [1.807, 2.05) is 34.9 Å². The van der Waals surface area contributed by atoms with Crippen LogP contribution in [0.3, 0.4) is 0 Å². The molecule has 1 aromatic carbocycles. The molecule has 2 aliphatic heterocycles. The van der Waals surface area contributed by atoms with Gasteiger partial charge >= 0.3 is 0 Å². The first kappa shape index (κ1) is 19.9. The van der Waals surface area contributed by atoms with Crippen LogP contribution < -0.4 is 0 Å². The van der Waals surface area contributed by atoms with Crippen LogP contribution in [0, 0.1) is 5.41 Å². The highest BCUT2D eigenvalue weighted by molar-refractivity contribution is 5.98. The van der Waals surface area contributed by atoms with Crippen LogP contribution in [0.5, 0.6) is 0 Å². The summed E-state index contributed by atoms with van der Waals surface area (Å²) in [6.45, 7) is 7.35. The zero-order valence-electron chi connectivity index (χ0n) is 17.3. The lowest BCUT2D eigenvalue weighted by Gasteiger charge is -2.51. The van der Waals surface area contributed by atoms with E-state index in [-0.39, 0.29) is 17.9 Å². The number of H-pyrrole nitrogens is 1. The van der Waals surface area contributed by atoms with Gasteiger partial charge in [0.05, 0.1) is 29.4 Å². The third-order valence-corrected chi connectivity index (χ3v) is 6.69. The minimum atomic E-state index is -0.476. The van der Waals surface area contributed by atoms with E-state index < -0.39 is 5.41 Å². The maximum absolute atomic E-state index is 13.5. The van der Waals surface area contributed by atoms with Crippen LogP contribution in [0.25, 0.3) is 11.0 Å². The quantitative estimate of drug-likeness (QED) is 0.786. The Morgan fingerprint density at radius 2 is 2.10 bits per heavy atom. The number of ether oxygens (including phenoxy) is 1. The summed E-state index contributed by atoms with van der Waals surface area (Å²) in [5.41, 5.74) is 1.86. The third kappa shape index (κ3) is 3.52. The fourth-order valence-corrected chi connectivity index (χ4v) is 5.04. The van der Waals surface area contributed by atoms with Crippen molar-refractivity contribution in [3.63, 3.8) is 0 Å². The van der Waals surface area contributed by atoms with Crippen molar-refractivity contribution in [2.24, 2.45) is 5.41 Å². The first-order chi connectivity index (χ1) is 14.1. The zero-order chi connectivity index (χ0) is 20.4. The van der Waals surface area contributed by atoms with E-state index in [0.717, 1.165) is 43.3 Å². The van der Waals surface area contributed by atoms with Crippen LogP contribution in [-0.4, -0.2) is 70.5 Å². The Balaban J connectivity index is 1.55. The number of likely N-dealkylation sites (tertiary alicyclic amines) is 2. The predicted molar refractivity (Wildman–Crippen MR) is 111 cm³/mol. The SMILES string of the molecule is CCOCCN1CCC[C@@]2(CCCN(C(=O)c3ccc4nc[nH]c4c3)[C@@H]2C)C1=O. The lowest BCUT2D eigenvalue weighted by atomic mass is 9.67. The molecular formula is C22H30N4O3. The molecule has 156 valence electrons. The number of nitrogens with zero attached hydrogens (tertiary/aromatic N) is 3. The second-order valence-electron chi connectivity index (χ2n) is 8.16. The van der Waals surface area contributed by atoms with Crippen LogP contribution in [0.2, 0.25) is 0 Å². The van der Waals surface area contributed by atoms with Gasteiger partial charge in [0.1, 0.15) is 0 Å². The molecule has 1 spiro atoms. The molecule has 0 bridgehead atoms. The first-order valence-corrected chi connectivity index (χ1v) is 10.7. The van der Waals surface area contributed by atoms with Gasteiger partial charge in [-0.05, 0) is 57.7 Å². The fourth-order valence-electron chi connectivity index (χ4n) is 5.04. The molecule has 0 radical (unpaired) electrons. The number of nitrogens with one attached hydrogen (secondary N) is 1. The van der Waals surface area contributed by atoms with Crippen molar-refractivity contribution in [2.45, 2.75) is 45.6 Å². The topological polar surface area (TPSA) is 78.5 Å². The standard InChI is InChI=1S/C22H30N4O3/c1-3-29-13-12-25-10-4-8-22(21(25)28)9-5-11-26(16(22)2)20(27)17-6-7-18-19(14-17)24-15-23-18/h6-7,14-16H,3-5,8-13H2,1-2H3,(H,23,24)/t16-,22+/m1/s1. The van der Waals surface area contributed by atoms with Gasteiger partial charge in [-0.2, -0.15) is 0 Å². The van der Waals surface area contributed by atoms with Crippen LogP contribution in [0.4, 0.5) is 0 Å². The molecule has 2 saturated heterocycles. The number of benzene rings is 1. The van der Waals surface area contributed by atoms with Gasteiger partial charge in [-0.1, -0.05) is 0 Å². The number of carbonyl (C=O) groups is 2. The summed E-state index contributed by atoms with van der Waals surface area (Å²) in [5.74, 6) is 0.185. The van der Waals surface area contributed by atoms with E-state index in [9.17, 15) is 9.59 Å². The summed E-state index contributed by atoms with van der Waals surface area (Å²) in [4.78, 5) is 38.0. The minimum absolute atomic E-state index is 0.00712. The van der Waals surface area contributed by atoms with Crippen molar-refractivity contribution in [2.75, 3.05) is 32.8 Å². The summed E-state index contributed by atoms with van der Waals surface area (Å²) in [5, 5.41) is 0. The van der Waals surface area contributed by atoms with Crippen molar-refractivity contribution in [1.29, 1.82) is 0 Å². The van der Waals surface area contributed by atoms with Crippen molar-refractivity contribution >= 4 is 22.8 Å². The van der Waals surface area contributed by atoms with E-state index in [1.54, 1.807) is 6.33 Å².